The number of cyclic esters (lactones) is 1. The number of hydrogen-bond donors (Lipinski definition) is 3. The number of carbonyl (C=O) groups excluding carboxylic acids is 5. The Balaban J connectivity index is 1.32. The van der Waals surface area contributed by atoms with Crippen molar-refractivity contribution in [1.82, 2.24) is 40.0 Å². The van der Waals surface area contributed by atoms with Gasteiger partial charge in [0.1, 0.15) is 23.9 Å². The van der Waals surface area contributed by atoms with E-state index < -0.39 is 47.2 Å². The number of aromatic nitrogens is 2. The fraction of sp³-hybridized carbons (Fsp3) is 0.527. The zero-order valence-corrected chi connectivity index (χ0v) is 42.9. The summed E-state index contributed by atoms with van der Waals surface area (Å²) in [4.78, 5) is 80.1. The second kappa shape index (κ2) is 21.4. The first-order valence-corrected chi connectivity index (χ1v) is 24.8. The molecule has 2 aromatic heterocycles. The van der Waals surface area contributed by atoms with Crippen molar-refractivity contribution in [1.29, 1.82) is 0 Å². The van der Waals surface area contributed by atoms with Crippen LogP contribution in [0.15, 0.2) is 48.7 Å². The van der Waals surface area contributed by atoms with Gasteiger partial charge in [-0.2, -0.15) is 0 Å². The van der Waals surface area contributed by atoms with Crippen LogP contribution in [-0.2, 0) is 54.6 Å². The number of aryl methyl sites for hydroxylation is 1. The highest BCUT2D eigenvalue weighted by Crippen LogP contribution is 2.42. The lowest BCUT2D eigenvalue weighted by molar-refractivity contribution is -0.155. The predicted molar refractivity (Wildman–Crippen MR) is 271 cm³/mol. The van der Waals surface area contributed by atoms with Gasteiger partial charge in [0.05, 0.1) is 23.9 Å². The van der Waals surface area contributed by atoms with E-state index in [4.69, 9.17) is 9.72 Å². The van der Waals surface area contributed by atoms with Crippen LogP contribution < -0.4 is 10.7 Å². The van der Waals surface area contributed by atoms with Crippen molar-refractivity contribution in [3.8, 4) is 40.0 Å². The Morgan fingerprint density at radius 1 is 1.01 bits per heavy atom. The van der Waals surface area contributed by atoms with Gasteiger partial charge in [0.25, 0.3) is 11.8 Å². The summed E-state index contributed by atoms with van der Waals surface area (Å²) in [5.41, 5.74) is 11.2. The molecule has 4 amide bonds. The van der Waals surface area contributed by atoms with Crippen LogP contribution in [0, 0.1) is 29.1 Å². The van der Waals surface area contributed by atoms with Gasteiger partial charge >= 0.3 is 5.97 Å². The summed E-state index contributed by atoms with van der Waals surface area (Å²) in [6.07, 6.45) is 3.93. The smallest absolute Gasteiger partial charge is 0.324 e. The highest BCUT2D eigenvalue weighted by molar-refractivity contribution is 5.97. The summed E-state index contributed by atoms with van der Waals surface area (Å²) in [6, 6.07) is 10.9. The molecule has 0 aliphatic carbocycles. The maximum Gasteiger partial charge on any atom is 0.324 e. The number of carbonyl (C=O) groups is 5. The summed E-state index contributed by atoms with van der Waals surface area (Å²) in [5, 5.41) is 16.9. The van der Waals surface area contributed by atoms with Gasteiger partial charge in [-0.3, -0.25) is 34.0 Å². The first-order valence-electron chi connectivity index (χ1n) is 24.8. The van der Waals surface area contributed by atoms with E-state index in [-0.39, 0.29) is 55.5 Å². The summed E-state index contributed by atoms with van der Waals surface area (Å²) in [7, 11) is 5.68. The molecular weight excluding hydrogens is 885 g/mol. The molecule has 374 valence electrons. The Morgan fingerprint density at radius 3 is 2.46 bits per heavy atom. The molecule has 15 nitrogen and oxygen atoms in total. The van der Waals surface area contributed by atoms with E-state index in [0.717, 1.165) is 56.7 Å². The number of amides is 4. The average molecular weight is 957 g/mol. The van der Waals surface area contributed by atoms with E-state index in [9.17, 15) is 29.1 Å². The number of nitrogens with one attached hydrogen (secondary N) is 2. The molecule has 0 unspecified atom stereocenters. The molecule has 2 saturated heterocycles. The van der Waals surface area contributed by atoms with Crippen molar-refractivity contribution in [2.45, 2.75) is 125 Å². The number of nitrogens with zero attached hydrogens (tertiary/aromatic N) is 6. The van der Waals surface area contributed by atoms with E-state index in [1.54, 1.807) is 31.0 Å². The largest absolute Gasteiger partial charge is 0.508 e. The Labute approximate surface area is 413 Å². The zero-order chi connectivity index (χ0) is 50.8. The lowest BCUT2D eigenvalue weighted by atomic mass is 9.83. The maximum atomic E-state index is 14.8. The molecule has 3 aliphatic heterocycles. The number of pyridine rings is 1. The first kappa shape index (κ1) is 51.6. The summed E-state index contributed by atoms with van der Waals surface area (Å²) in [5.74, 6) is 2.35. The van der Waals surface area contributed by atoms with Crippen molar-refractivity contribution >= 4 is 40.5 Å². The minimum absolute atomic E-state index is 0.00337. The number of rotatable bonds is 10. The van der Waals surface area contributed by atoms with Gasteiger partial charge < -0.3 is 34.4 Å². The highest BCUT2D eigenvalue weighted by Gasteiger charge is 2.40. The van der Waals surface area contributed by atoms with Crippen molar-refractivity contribution in [2.24, 2.45) is 17.3 Å². The molecule has 2 fully saturated rings. The van der Waals surface area contributed by atoms with Crippen LogP contribution in [0.3, 0.4) is 0 Å². The molecule has 0 spiro atoms. The average Bonchev–Trinajstić information content (AvgIpc) is 3.92. The summed E-state index contributed by atoms with van der Waals surface area (Å²) < 4.78 is 8.53. The minimum atomic E-state index is -1.17. The van der Waals surface area contributed by atoms with Crippen LogP contribution in [0.1, 0.15) is 103 Å². The standard InChI is InChI=1S/C55H72N8O7/c1-12-15-47(65)61-21-19-38(31-61)52(67)60(11)49(34(5)6)51(66)57-45-25-35-22-39(26-40(64)23-35)37-17-18-46-41(27-37)43(28-55(7,8)32-70-54(69)44-16-14-20-63(58-44)53(45)68)50(62(46)13-2)42-24-36(30-59(9)10)29-56-48(42)33(3)4/h17-18,22-24,26-27,29,33-34,38,44-45,49,58,64H,13-14,16,19-21,25,28,30-32H2,1-11H3,(H,57,66)/t38-,44-,45-,49-/m0/s1. The van der Waals surface area contributed by atoms with E-state index in [1.165, 1.54) is 9.91 Å². The molecule has 7 rings (SSSR count). The number of phenols is 1. The molecule has 15 heteroatoms. The molecule has 70 heavy (non-hydrogen) atoms. The Bertz CT molecular complexity index is 2710. The topological polar surface area (TPSA) is 170 Å². The molecule has 4 atom stereocenters. The number of benzene rings is 2. The minimum Gasteiger partial charge on any atom is -0.508 e. The van der Waals surface area contributed by atoms with E-state index in [1.807, 2.05) is 40.2 Å². The lowest BCUT2D eigenvalue weighted by Gasteiger charge is -2.37. The normalized spacial score (nSPS) is 20.0. The molecule has 5 heterocycles. The van der Waals surface area contributed by atoms with Gasteiger partial charge in [-0.1, -0.05) is 59.6 Å². The summed E-state index contributed by atoms with van der Waals surface area (Å²) in [6.45, 7) is 18.4. The van der Waals surface area contributed by atoms with Gasteiger partial charge in [-0.25, -0.2) is 5.43 Å². The quantitative estimate of drug-likeness (QED) is 0.122. The van der Waals surface area contributed by atoms with Crippen LogP contribution in [0.2, 0.25) is 0 Å². The molecule has 4 aromatic rings. The molecule has 3 N–H and O–H groups in total. The van der Waals surface area contributed by atoms with E-state index >= 15 is 0 Å². The van der Waals surface area contributed by atoms with Crippen molar-refractivity contribution < 1.29 is 33.8 Å². The Kier molecular flexibility index (Phi) is 15.8. The first-order chi connectivity index (χ1) is 33.2. The number of aromatic hydroxyl groups is 1. The Morgan fingerprint density at radius 2 is 1.77 bits per heavy atom. The monoisotopic (exact) mass is 957 g/mol. The molecule has 0 saturated carbocycles. The van der Waals surface area contributed by atoms with E-state index in [0.29, 0.717) is 44.3 Å². The number of hydrogen-bond acceptors (Lipinski definition) is 10. The van der Waals surface area contributed by atoms with Gasteiger partial charge in [-0.15, -0.1) is 0 Å². The number of hydrazine groups is 1. The molecule has 3 aliphatic rings. The van der Waals surface area contributed by atoms with Crippen LogP contribution in [0.5, 0.6) is 5.75 Å². The second-order valence-corrected chi connectivity index (χ2v) is 21.1. The lowest BCUT2D eigenvalue weighted by Crippen LogP contribution is -2.62. The third-order valence-electron chi connectivity index (χ3n) is 13.8. The van der Waals surface area contributed by atoms with Crippen LogP contribution >= 0.6 is 0 Å². The van der Waals surface area contributed by atoms with Crippen molar-refractivity contribution in [3.63, 3.8) is 0 Å². The molecular formula is C55H72N8O7. The number of esters is 1. The molecule has 6 bridgehead atoms. The number of likely N-dealkylation sites (N-methyl/N-ethyl adjacent to an activating group) is 1. The van der Waals surface area contributed by atoms with Crippen molar-refractivity contribution in [2.75, 3.05) is 47.4 Å². The second-order valence-electron chi connectivity index (χ2n) is 21.1. The van der Waals surface area contributed by atoms with Crippen molar-refractivity contribution in [3.05, 3.63) is 71.0 Å². The number of ether oxygens (including phenoxy) is 1. The third-order valence-corrected chi connectivity index (χ3v) is 13.8. The zero-order valence-electron chi connectivity index (χ0n) is 42.9. The number of fused-ring (bicyclic) bond motifs is 6. The fourth-order valence-corrected chi connectivity index (χ4v) is 10.6. The van der Waals surface area contributed by atoms with Crippen LogP contribution in [0.4, 0.5) is 0 Å². The molecule has 0 radical (unpaired) electrons. The van der Waals surface area contributed by atoms with Gasteiger partial charge in [-0.05, 0) is 130 Å². The molecule has 2 aromatic carbocycles. The highest BCUT2D eigenvalue weighted by atomic mass is 16.5. The van der Waals surface area contributed by atoms with E-state index in [2.05, 4.69) is 90.9 Å². The number of phenolic OH excluding ortho intramolecular Hbond substituents is 1. The van der Waals surface area contributed by atoms with Crippen LogP contribution in [0.25, 0.3) is 33.3 Å². The fourth-order valence-electron chi connectivity index (χ4n) is 10.6. The predicted octanol–water partition coefficient (Wildman–Crippen LogP) is 6.28. The van der Waals surface area contributed by atoms with Gasteiger partial charge in [0, 0.05) is 74.3 Å². The van der Waals surface area contributed by atoms with Gasteiger partial charge in [0.2, 0.25) is 11.8 Å². The Hall–Kier alpha value is -6.24. The SMILES string of the molecule is CC#CC(=O)N1CC[C@H](C(=O)N(C)[C@H](C(=O)N[C@H]2Cc3cc(O)cc(c3)-c3ccc4c(c3)c(c(-c3cc(CN(C)C)cnc3C(C)C)n4CC)CC(C)(C)COC(=O)[C@@H]3CCCN(N3)C2=O)C(C)C)C1. The maximum absolute atomic E-state index is 14.8. The summed E-state index contributed by atoms with van der Waals surface area (Å²) >= 11 is 0. The number of likely N-dealkylation sites (tertiary alicyclic amines) is 1. The van der Waals surface area contributed by atoms with Gasteiger partial charge in [0.15, 0.2) is 0 Å². The van der Waals surface area contributed by atoms with Crippen LogP contribution in [-0.4, -0.2) is 129 Å². The third kappa shape index (κ3) is 11.2.